The van der Waals surface area contributed by atoms with E-state index in [9.17, 15) is 24.6 Å². The Kier molecular flexibility index (Phi) is 5.68. The van der Waals surface area contributed by atoms with E-state index in [1.54, 1.807) is 30.3 Å². The molecular formula is C29H27N3O5. The van der Waals surface area contributed by atoms with Crippen LogP contribution in [0.4, 0.5) is 0 Å². The molecule has 37 heavy (non-hydrogen) atoms. The number of carbonyl (C=O) groups is 2. The van der Waals surface area contributed by atoms with E-state index < -0.39 is 18.0 Å². The molecule has 2 aliphatic heterocycles. The lowest BCUT2D eigenvalue weighted by Gasteiger charge is -2.44. The highest BCUT2D eigenvalue weighted by atomic mass is 16.4. The van der Waals surface area contributed by atoms with Crippen molar-refractivity contribution in [2.24, 2.45) is 5.92 Å². The first-order valence-electron chi connectivity index (χ1n) is 12.5. The van der Waals surface area contributed by atoms with E-state index in [-0.39, 0.29) is 23.0 Å². The third-order valence-corrected chi connectivity index (χ3v) is 7.76. The number of aromatic nitrogens is 2. The summed E-state index contributed by atoms with van der Waals surface area (Å²) in [5.41, 5.74) is 3.52. The van der Waals surface area contributed by atoms with Gasteiger partial charge in [0.25, 0.3) is 5.56 Å². The van der Waals surface area contributed by atoms with Gasteiger partial charge in [-0.3, -0.25) is 14.5 Å². The Bertz CT molecular complexity index is 1570. The molecule has 1 fully saturated rings. The Morgan fingerprint density at radius 1 is 0.946 bits per heavy atom. The summed E-state index contributed by atoms with van der Waals surface area (Å²) in [6.45, 7) is 2.18. The number of aliphatic carboxylic acids is 1. The Balaban J connectivity index is 1.44. The van der Waals surface area contributed by atoms with Crippen LogP contribution in [0.5, 0.6) is 0 Å². The number of carboxylic acid groups (broad SMARTS) is 2. The molecule has 1 saturated heterocycles. The molecule has 1 unspecified atom stereocenters. The first-order valence-corrected chi connectivity index (χ1v) is 12.5. The molecule has 188 valence electrons. The van der Waals surface area contributed by atoms with Crippen molar-refractivity contribution < 1.29 is 19.8 Å². The standard InChI is InChI=1S/C29H27N3O5/c33-26-8-4-7-24-21-11-19(15-32(24)26)14-31(16-21)27(29(36)37)23-17-30(13-18-5-2-1-3-6-18)25-10-9-20(28(34)35)12-22(23)25/h1-10,12,17,19,21,27H,11,13-16H2,(H,34,35)(H,36,37)/t19-,21-,27?/m0/s1. The Labute approximate surface area is 213 Å². The molecule has 2 aromatic heterocycles. The first kappa shape index (κ1) is 23.2. The predicted molar refractivity (Wildman–Crippen MR) is 138 cm³/mol. The zero-order valence-corrected chi connectivity index (χ0v) is 20.2. The number of nitrogens with zero attached hydrogens (tertiary/aromatic N) is 3. The van der Waals surface area contributed by atoms with Crippen molar-refractivity contribution in [1.29, 1.82) is 0 Å². The number of benzene rings is 2. The van der Waals surface area contributed by atoms with Crippen molar-refractivity contribution in [2.45, 2.75) is 31.5 Å². The maximum absolute atomic E-state index is 12.8. The quantitative estimate of drug-likeness (QED) is 0.420. The van der Waals surface area contributed by atoms with Crippen molar-refractivity contribution in [3.63, 3.8) is 0 Å². The molecule has 0 amide bonds. The van der Waals surface area contributed by atoms with Gasteiger partial charge in [-0.25, -0.2) is 4.79 Å². The number of hydrogen-bond donors (Lipinski definition) is 2. The maximum atomic E-state index is 12.8. The van der Waals surface area contributed by atoms with Gasteiger partial charge in [-0.15, -0.1) is 0 Å². The van der Waals surface area contributed by atoms with Gasteiger partial charge >= 0.3 is 11.9 Å². The van der Waals surface area contributed by atoms with Gasteiger partial charge in [-0.1, -0.05) is 36.4 Å². The highest BCUT2D eigenvalue weighted by Crippen LogP contribution is 2.40. The number of rotatable bonds is 6. The van der Waals surface area contributed by atoms with E-state index in [0.29, 0.717) is 37.1 Å². The highest BCUT2D eigenvalue weighted by Gasteiger charge is 2.40. The number of piperidine rings is 1. The molecule has 0 aliphatic carbocycles. The molecule has 0 spiro atoms. The first-order chi connectivity index (χ1) is 17.9. The summed E-state index contributed by atoms with van der Waals surface area (Å²) in [7, 11) is 0. The molecule has 8 heteroatoms. The molecule has 2 N–H and O–H groups in total. The van der Waals surface area contributed by atoms with Gasteiger partial charge < -0.3 is 19.3 Å². The number of hydrogen-bond acceptors (Lipinski definition) is 4. The Morgan fingerprint density at radius 2 is 1.76 bits per heavy atom. The number of aromatic carboxylic acids is 1. The lowest BCUT2D eigenvalue weighted by molar-refractivity contribution is -0.144. The minimum absolute atomic E-state index is 0.0133. The second-order valence-corrected chi connectivity index (χ2v) is 10.1. The van der Waals surface area contributed by atoms with Gasteiger partial charge in [0, 0.05) is 66.5 Å². The van der Waals surface area contributed by atoms with Crippen LogP contribution in [0.1, 0.15) is 45.6 Å². The van der Waals surface area contributed by atoms with Crippen LogP contribution in [0.15, 0.2) is 77.7 Å². The fraction of sp³-hybridized carbons (Fsp3) is 0.276. The van der Waals surface area contributed by atoms with Crippen molar-refractivity contribution in [3.8, 4) is 0 Å². The Hall–Kier alpha value is -4.17. The van der Waals surface area contributed by atoms with Crippen LogP contribution in [0, 0.1) is 5.92 Å². The summed E-state index contributed by atoms with van der Waals surface area (Å²) in [5, 5.41) is 20.8. The van der Waals surface area contributed by atoms with E-state index in [1.807, 2.05) is 56.6 Å². The summed E-state index contributed by atoms with van der Waals surface area (Å²) in [4.78, 5) is 39.0. The lowest BCUT2D eigenvalue weighted by Crippen LogP contribution is -2.49. The number of likely N-dealkylation sites (tertiary alicyclic amines) is 1. The number of carboxylic acids is 2. The molecule has 8 nitrogen and oxygen atoms in total. The molecule has 0 saturated carbocycles. The van der Waals surface area contributed by atoms with E-state index in [2.05, 4.69) is 0 Å². The minimum atomic E-state index is -1.05. The molecule has 0 radical (unpaired) electrons. The average Bonchev–Trinajstić information content (AvgIpc) is 3.22. The molecule has 3 atom stereocenters. The predicted octanol–water partition coefficient (Wildman–Crippen LogP) is 3.79. The fourth-order valence-corrected chi connectivity index (χ4v) is 6.22. The normalized spacial score (nSPS) is 19.9. The molecule has 2 bridgehead atoms. The van der Waals surface area contributed by atoms with E-state index in [4.69, 9.17) is 0 Å². The summed E-state index contributed by atoms with van der Waals surface area (Å²) >= 11 is 0. The van der Waals surface area contributed by atoms with Crippen molar-refractivity contribution >= 4 is 22.8 Å². The molecule has 4 heterocycles. The monoisotopic (exact) mass is 497 g/mol. The molecule has 2 aromatic carbocycles. The van der Waals surface area contributed by atoms with E-state index >= 15 is 0 Å². The SMILES string of the molecule is O=C(O)c1ccc2c(c1)c(C(C(=O)O)N1C[C@@H]3C[C@@H](C1)c1cccc(=O)n1C3)cn2Cc1ccccc1. The molecular weight excluding hydrogens is 470 g/mol. The lowest BCUT2D eigenvalue weighted by atomic mass is 9.82. The van der Waals surface area contributed by atoms with Gasteiger partial charge in [-0.2, -0.15) is 0 Å². The van der Waals surface area contributed by atoms with E-state index in [0.717, 1.165) is 23.2 Å². The molecule has 6 rings (SSSR count). The third kappa shape index (κ3) is 4.13. The van der Waals surface area contributed by atoms with Crippen LogP contribution in [0.2, 0.25) is 0 Å². The fourth-order valence-electron chi connectivity index (χ4n) is 6.22. The molecule has 2 aliphatic rings. The zero-order chi connectivity index (χ0) is 25.7. The summed E-state index contributed by atoms with van der Waals surface area (Å²) in [5.74, 6) is -1.79. The smallest absolute Gasteiger partial charge is 0.335 e. The molecule has 4 aromatic rings. The van der Waals surface area contributed by atoms with Gasteiger partial charge in [0.15, 0.2) is 0 Å². The van der Waals surface area contributed by atoms with Crippen LogP contribution < -0.4 is 5.56 Å². The summed E-state index contributed by atoms with van der Waals surface area (Å²) in [6.07, 6.45) is 2.79. The van der Waals surface area contributed by atoms with E-state index in [1.165, 1.54) is 0 Å². The van der Waals surface area contributed by atoms with Crippen molar-refractivity contribution in [1.82, 2.24) is 14.0 Å². The number of pyridine rings is 1. The van der Waals surface area contributed by atoms with Crippen LogP contribution in [-0.2, 0) is 17.9 Å². The van der Waals surface area contributed by atoms with Crippen molar-refractivity contribution in [2.75, 3.05) is 13.1 Å². The van der Waals surface area contributed by atoms with Crippen LogP contribution in [0.25, 0.3) is 10.9 Å². The summed E-state index contributed by atoms with van der Waals surface area (Å²) < 4.78 is 3.83. The highest BCUT2D eigenvalue weighted by molar-refractivity contribution is 5.96. The third-order valence-electron chi connectivity index (χ3n) is 7.76. The summed E-state index contributed by atoms with van der Waals surface area (Å²) in [6, 6.07) is 19.2. The van der Waals surface area contributed by atoms with Crippen LogP contribution in [-0.4, -0.2) is 49.3 Å². The van der Waals surface area contributed by atoms with Gasteiger partial charge in [0.05, 0.1) is 5.56 Å². The topological polar surface area (TPSA) is 105 Å². The second kappa shape index (κ2) is 9.05. The number of fused-ring (bicyclic) bond motifs is 5. The van der Waals surface area contributed by atoms with Gasteiger partial charge in [0.1, 0.15) is 6.04 Å². The van der Waals surface area contributed by atoms with Crippen molar-refractivity contribution in [3.05, 3.63) is 106 Å². The van der Waals surface area contributed by atoms with Gasteiger partial charge in [-0.05, 0) is 42.2 Å². The second-order valence-electron chi connectivity index (χ2n) is 10.1. The maximum Gasteiger partial charge on any atom is 0.335 e. The average molecular weight is 498 g/mol. The minimum Gasteiger partial charge on any atom is -0.480 e. The van der Waals surface area contributed by atoms with Crippen LogP contribution >= 0.6 is 0 Å². The van der Waals surface area contributed by atoms with Gasteiger partial charge in [0.2, 0.25) is 0 Å². The Morgan fingerprint density at radius 3 is 2.51 bits per heavy atom. The van der Waals surface area contributed by atoms with Crippen LogP contribution in [0.3, 0.4) is 0 Å². The largest absolute Gasteiger partial charge is 0.480 e. The zero-order valence-electron chi connectivity index (χ0n) is 20.2.